The molecule has 2 aliphatic rings. The molecule has 1 aliphatic carbocycles. The number of fused-ring (bicyclic) bond motifs is 1. The molecule has 1 amide bonds. The van der Waals surface area contributed by atoms with E-state index >= 15 is 0 Å². The first-order valence-electron chi connectivity index (χ1n) is 9.40. The van der Waals surface area contributed by atoms with Crippen LogP contribution in [-0.2, 0) is 15.2 Å². The molecule has 1 saturated carbocycles. The summed E-state index contributed by atoms with van der Waals surface area (Å²) in [4.78, 5) is 25.6. The highest BCUT2D eigenvalue weighted by Gasteiger charge is 2.53. The van der Waals surface area contributed by atoms with Gasteiger partial charge in [-0.25, -0.2) is 0 Å². The summed E-state index contributed by atoms with van der Waals surface area (Å²) >= 11 is 3.41. The molecule has 2 N–H and O–H groups in total. The number of Topliss-reactive ketones (excluding diaryl/α,β-unsaturated/α-hetero) is 1. The second-order valence-electron chi connectivity index (χ2n) is 7.30. The number of amides is 1. The third-order valence-electron chi connectivity index (χ3n) is 5.55. The van der Waals surface area contributed by atoms with Crippen molar-refractivity contribution in [2.45, 2.75) is 69.8 Å². The maximum atomic E-state index is 12.9. The lowest BCUT2D eigenvalue weighted by Crippen LogP contribution is -2.45. The first-order chi connectivity index (χ1) is 12.0. The molecule has 0 aromatic heterocycles. The lowest BCUT2D eigenvalue weighted by atomic mass is 9.75. The first kappa shape index (κ1) is 18.6. The standard InChI is InChI=1S/C20H26BrNO3/c21-14-11-12-17-16(13-14)20(25,19(24)22-17)15-9-7-5-3-1-2-4-6-8-10-18(15)23/h11-13,15,25H,1-10H2,(H,22,24). The van der Waals surface area contributed by atoms with Crippen LogP contribution in [0.2, 0.25) is 0 Å². The molecular formula is C20H26BrNO3. The molecule has 1 fully saturated rings. The van der Waals surface area contributed by atoms with Crippen LogP contribution in [0.4, 0.5) is 5.69 Å². The number of carbonyl (C=O) groups is 2. The average molecular weight is 408 g/mol. The van der Waals surface area contributed by atoms with Crippen molar-refractivity contribution in [3.05, 3.63) is 28.2 Å². The zero-order valence-electron chi connectivity index (χ0n) is 14.5. The summed E-state index contributed by atoms with van der Waals surface area (Å²) in [5.74, 6) is -1.11. The molecule has 0 spiro atoms. The number of hydrogen-bond donors (Lipinski definition) is 2. The second-order valence-corrected chi connectivity index (χ2v) is 8.21. The zero-order chi connectivity index (χ0) is 17.9. The minimum atomic E-state index is -1.75. The number of ketones is 1. The smallest absolute Gasteiger partial charge is 0.261 e. The van der Waals surface area contributed by atoms with Crippen molar-refractivity contribution in [2.24, 2.45) is 5.92 Å². The van der Waals surface area contributed by atoms with E-state index in [4.69, 9.17) is 0 Å². The Bertz CT molecular complexity index is 660. The summed E-state index contributed by atoms with van der Waals surface area (Å²) < 4.78 is 0.793. The van der Waals surface area contributed by atoms with Gasteiger partial charge in [-0.15, -0.1) is 0 Å². The number of nitrogens with one attached hydrogen (secondary N) is 1. The first-order valence-corrected chi connectivity index (χ1v) is 10.2. The molecule has 0 radical (unpaired) electrons. The fraction of sp³-hybridized carbons (Fsp3) is 0.600. The number of anilines is 1. The summed E-state index contributed by atoms with van der Waals surface area (Å²) in [5.41, 5.74) is -0.618. The van der Waals surface area contributed by atoms with Crippen LogP contribution >= 0.6 is 15.9 Å². The van der Waals surface area contributed by atoms with Crippen molar-refractivity contribution in [2.75, 3.05) is 5.32 Å². The molecule has 5 heteroatoms. The van der Waals surface area contributed by atoms with Gasteiger partial charge in [0.25, 0.3) is 5.91 Å². The average Bonchev–Trinajstić information content (AvgIpc) is 2.82. The summed E-state index contributed by atoms with van der Waals surface area (Å²) in [6, 6.07) is 5.36. The number of aliphatic hydroxyl groups is 1. The van der Waals surface area contributed by atoms with Crippen LogP contribution in [0.25, 0.3) is 0 Å². The van der Waals surface area contributed by atoms with Gasteiger partial charge >= 0.3 is 0 Å². The Morgan fingerprint density at radius 1 is 1.00 bits per heavy atom. The fourth-order valence-electron chi connectivity index (χ4n) is 4.11. The van der Waals surface area contributed by atoms with E-state index in [2.05, 4.69) is 21.2 Å². The molecular weight excluding hydrogens is 382 g/mol. The lowest BCUT2D eigenvalue weighted by Gasteiger charge is -2.30. The van der Waals surface area contributed by atoms with Gasteiger partial charge in [-0.2, -0.15) is 0 Å². The highest BCUT2D eigenvalue weighted by atomic mass is 79.9. The number of hydrogen-bond acceptors (Lipinski definition) is 3. The van der Waals surface area contributed by atoms with Gasteiger partial charge in [0, 0.05) is 22.1 Å². The lowest BCUT2D eigenvalue weighted by molar-refractivity contribution is -0.149. The molecule has 2 atom stereocenters. The van der Waals surface area contributed by atoms with Crippen molar-refractivity contribution in [1.29, 1.82) is 0 Å². The number of rotatable bonds is 1. The van der Waals surface area contributed by atoms with Crippen LogP contribution < -0.4 is 5.32 Å². The highest BCUT2D eigenvalue weighted by Crippen LogP contribution is 2.45. The topological polar surface area (TPSA) is 66.4 Å². The van der Waals surface area contributed by atoms with E-state index in [1.807, 2.05) is 6.07 Å². The number of carbonyl (C=O) groups excluding carboxylic acids is 2. The predicted molar refractivity (Wildman–Crippen MR) is 101 cm³/mol. The van der Waals surface area contributed by atoms with E-state index in [0.29, 0.717) is 24.1 Å². The maximum absolute atomic E-state index is 12.9. The van der Waals surface area contributed by atoms with E-state index in [1.54, 1.807) is 12.1 Å². The molecule has 1 aromatic rings. The van der Waals surface area contributed by atoms with E-state index < -0.39 is 17.4 Å². The third kappa shape index (κ3) is 3.82. The van der Waals surface area contributed by atoms with Crippen LogP contribution in [0.1, 0.15) is 69.8 Å². The Labute approximate surface area is 157 Å². The Hall–Kier alpha value is -1.20. The van der Waals surface area contributed by atoms with Gasteiger partial charge in [-0.3, -0.25) is 9.59 Å². The summed E-state index contributed by atoms with van der Waals surface area (Å²) in [6.07, 6.45) is 9.63. The molecule has 2 unspecified atom stereocenters. The van der Waals surface area contributed by atoms with E-state index in [9.17, 15) is 14.7 Å². The highest BCUT2D eigenvalue weighted by molar-refractivity contribution is 9.10. The monoisotopic (exact) mass is 407 g/mol. The predicted octanol–water partition coefficient (Wildman–Crippen LogP) is 4.69. The Morgan fingerprint density at radius 3 is 2.36 bits per heavy atom. The molecule has 0 saturated heterocycles. The largest absolute Gasteiger partial charge is 0.375 e. The maximum Gasteiger partial charge on any atom is 0.261 e. The van der Waals surface area contributed by atoms with Crippen LogP contribution in [0, 0.1) is 5.92 Å². The van der Waals surface area contributed by atoms with Gasteiger partial charge in [0.15, 0.2) is 5.60 Å². The zero-order valence-corrected chi connectivity index (χ0v) is 16.1. The minimum Gasteiger partial charge on any atom is -0.375 e. The van der Waals surface area contributed by atoms with E-state index in [0.717, 1.165) is 36.6 Å². The van der Waals surface area contributed by atoms with Crippen molar-refractivity contribution in [1.82, 2.24) is 0 Å². The molecule has 3 rings (SSSR count). The number of benzene rings is 1. The summed E-state index contributed by atoms with van der Waals surface area (Å²) in [5, 5.41) is 14.1. The molecule has 25 heavy (non-hydrogen) atoms. The van der Waals surface area contributed by atoms with E-state index in [1.165, 1.54) is 19.3 Å². The molecule has 136 valence electrons. The second kappa shape index (κ2) is 8.00. The van der Waals surface area contributed by atoms with Crippen molar-refractivity contribution in [3.63, 3.8) is 0 Å². The molecule has 0 bridgehead atoms. The molecule has 4 nitrogen and oxygen atoms in total. The Morgan fingerprint density at radius 2 is 1.64 bits per heavy atom. The summed E-state index contributed by atoms with van der Waals surface area (Å²) in [6.45, 7) is 0. The van der Waals surface area contributed by atoms with Gasteiger partial charge in [0.1, 0.15) is 5.78 Å². The van der Waals surface area contributed by atoms with E-state index in [-0.39, 0.29) is 5.78 Å². The van der Waals surface area contributed by atoms with Gasteiger partial charge in [0.05, 0.1) is 5.92 Å². The van der Waals surface area contributed by atoms with Gasteiger partial charge in [0.2, 0.25) is 0 Å². The minimum absolute atomic E-state index is 0.0195. The third-order valence-corrected chi connectivity index (χ3v) is 6.04. The van der Waals surface area contributed by atoms with Crippen LogP contribution in [-0.4, -0.2) is 16.8 Å². The fourth-order valence-corrected chi connectivity index (χ4v) is 4.47. The molecule has 1 heterocycles. The van der Waals surface area contributed by atoms with Gasteiger partial charge in [-0.05, 0) is 31.0 Å². The molecule has 1 aromatic carbocycles. The van der Waals surface area contributed by atoms with Crippen molar-refractivity contribution < 1.29 is 14.7 Å². The van der Waals surface area contributed by atoms with Gasteiger partial charge < -0.3 is 10.4 Å². The Balaban J connectivity index is 1.91. The normalized spacial score (nSPS) is 28.6. The van der Waals surface area contributed by atoms with Gasteiger partial charge in [-0.1, -0.05) is 60.9 Å². The molecule has 1 aliphatic heterocycles. The van der Waals surface area contributed by atoms with Crippen LogP contribution in [0.15, 0.2) is 22.7 Å². The van der Waals surface area contributed by atoms with Crippen molar-refractivity contribution in [3.8, 4) is 0 Å². The van der Waals surface area contributed by atoms with Crippen LogP contribution in [0.3, 0.4) is 0 Å². The van der Waals surface area contributed by atoms with Crippen LogP contribution in [0.5, 0.6) is 0 Å². The summed E-state index contributed by atoms with van der Waals surface area (Å²) in [7, 11) is 0. The SMILES string of the molecule is O=C1CCCCCCCCCCC1C1(O)C(=O)Nc2ccc(Br)cc21. The van der Waals surface area contributed by atoms with Crippen molar-refractivity contribution >= 4 is 33.3 Å². The quantitative estimate of drug-likeness (QED) is 0.709. The Kier molecular flexibility index (Phi) is 5.95. The number of halogens is 1.